The molecule has 106 valence electrons. The van der Waals surface area contributed by atoms with Crippen LogP contribution < -0.4 is 10.5 Å². The molecule has 0 fully saturated rings. The molecule has 0 aliphatic carbocycles. The molecule has 0 aliphatic heterocycles. The van der Waals surface area contributed by atoms with Gasteiger partial charge in [-0.25, -0.2) is 4.39 Å². The third-order valence-corrected chi connectivity index (χ3v) is 3.69. The quantitative estimate of drug-likeness (QED) is 0.742. The molecule has 0 saturated heterocycles. The molecule has 2 rings (SSSR count). The van der Waals surface area contributed by atoms with Gasteiger partial charge in [0, 0.05) is 12.1 Å². The van der Waals surface area contributed by atoms with E-state index in [1.807, 2.05) is 0 Å². The minimum absolute atomic E-state index is 0.0367. The minimum atomic E-state index is -0.526. The van der Waals surface area contributed by atoms with Crippen LogP contribution in [0.2, 0.25) is 15.1 Å². The van der Waals surface area contributed by atoms with Gasteiger partial charge in [0.05, 0.1) is 15.1 Å². The van der Waals surface area contributed by atoms with Crippen molar-refractivity contribution in [3.05, 3.63) is 56.8 Å². The van der Waals surface area contributed by atoms with Gasteiger partial charge in [-0.15, -0.1) is 0 Å². The Kier molecular flexibility index (Phi) is 4.76. The smallest absolute Gasteiger partial charge is 0.166 e. The Labute approximate surface area is 131 Å². The molecule has 20 heavy (non-hydrogen) atoms. The van der Waals surface area contributed by atoms with Gasteiger partial charge in [0.1, 0.15) is 5.75 Å². The highest BCUT2D eigenvalue weighted by Gasteiger charge is 2.12. The molecule has 0 saturated carbocycles. The first kappa shape index (κ1) is 15.4. The van der Waals surface area contributed by atoms with E-state index >= 15 is 0 Å². The fourth-order valence-electron chi connectivity index (χ4n) is 1.58. The minimum Gasteiger partial charge on any atom is -0.453 e. The normalized spacial score (nSPS) is 12.3. The number of nitrogens with two attached hydrogens (primary N) is 1. The van der Waals surface area contributed by atoms with Crippen molar-refractivity contribution in [3.63, 3.8) is 0 Å². The molecule has 2 nitrogen and oxygen atoms in total. The Bertz CT molecular complexity index is 647. The van der Waals surface area contributed by atoms with Gasteiger partial charge in [-0.1, -0.05) is 40.9 Å². The van der Waals surface area contributed by atoms with E-state index in [0.717, 1.165) is 0 Å². The Morgan fingerprint density at radius 3 is 2.25 bits per heavy atom. The van der Waals surface area contributed by atoms with Crippen LogP contribution in [0.5, 0.6) is 11.5 Å². The second-order valence-corrected chi connectivity index (χ2v) is 5.50. The third kappa shape index (κ3) is 3.36. The van der Waals surface area contributed by atoms with Crippen LogP contribution >= 0.6 is 34.8 Å². The van der Waals surface area contributed by atoms with Crippen LogP contribution in [0.4, 0.5) is 4.39 Å². The molecule has 0 bridgehead atoms. The molecule has 2 aromatic carbocycles. The molecule has 0 heterocycles. The molecule has 0 aliphatic rings. The molecule has 0 aromatic heterocycles. The average Bonchev–Trinajstić information content (AvgIpc) is 2.37. The van der Waals surface area contributed by atoms with Crippen molar-refractivity contribution in [2.24, 2.45) is 5.73 Å². The number of hydrogen-bond donors (Lipinski definition) is 1. The Hall–Kier alpha value is -1.000. The lowest BCUT2D eigenvalue weighted by Gasteiger charge is -2.12. The molecular formula is C14H11Cl3FNO. The van der Waals surface area contributed by atoms with Gasteiger partial charge >= 0.3 is 0 Å². The zero-order chi connectivity index (χ0) is 14.9. The summed E-state index contributed by atoms with van der Waals surface area (Å²) in [6.07, 6.45) is 0. The summed E-state index contributed by atoms with van der Waals surface area (Å²) >= 11 is 17.7. The number of halogens is 4. The summed E-state index contributed by atoms with van der Waals surface area (Å²) in [7, 11) is 0. The van der Waals surface area contributed by atoms with Gasteiger partial charge in [-0.3, -0.25) is 0 Å². The third-order valence-electron chi connectivity index (χ3n) is 2.68. The van der Waals surface area contributed by atoms with Gasteiger partial charge in [-0.2, -0.15) is 0 Å². The van der Waals surface area contributed by atoms with Gasteiger partial charge < -0.3 is 10.5 Å². The first-order valence-corrected chi connectivity index (χ1v) is 6.89. The number of rotatable bonds is 3. The number of ether oxygens (including phenoxy) is 1. The fraction of sp³-hybridized carbons (Fsp3) is 0.143. The predicted molar refractivity (Wildman–Crippen MR) is 80.5 cm³/mol. The van der Waals surface area contributed by atoms with Crippen molar-refractivity contribution in [1.29, 1.82) is 0 Å². The van der Waals surface area contributed by atoms with Gasteiger partial charge in [-0.05, 0) is 30.7 Å². The van der Waals surface area contributed by atoms with E-state index in [9.17, 15) is 4.39 Å². The summed E-state index contributed by atoms with van der Waals surface area (Å²) < 4.78 is 19.3. The predicted octanol–water partition coefficient (Wildman–Crippen LogP) is 5.60. The van der Waals surface area contributed by atoms with Crippen LogP contribution in [0.15, 0.2) is 30.3 Å². The molecule has 0 amide bonds. The summed E-state index contributed by atoms with van der Waals surface area (Å²) in [5.41, 5.74) is 6.36. The highest BCUT2D eigenvalue weighted by Crippen LogP contribution is 2.37. The molecule has 6 heteroatoms. The Balaban J connectivity index is 2.33. The van der Waals surface area contributed by atoms with Crippen molar-refractivity contribution in [2.75, 3.05) is 0 Å². The number of hydrogen-bond acceptors (Lipinski definition) is 2. The Morgan fingerprint density at radius 1 is 1.00 bits per heavy atom. The number of benzene rings is 2. The van der Waals surface area contributed by atoms with Gasteiger partial charge in [0.25, 0.3) is 0 Å². The largest absolute Gasteiger partial charge is 0.453 e. The SMILES string of the molecule is CC(N)c1ccc(Oc2cc(Cl)c(Cl)cc2Cl)c(F)c1. The van der Waals surface area contributed by atoms with E-state index in [-0.39, 0.29) is 27.6 Å². The van der Waals surface area contributed by atoms with Crippen LogP contribution in [0, 0.1) is 5.82 Å². The van der Waals surface area contributed by atoms with Crippen molar-refractivity contribution < 1.29 is 9.13 Å². The van der Waals surface area contributed by atoms with Crippen molar-refractivity contribution in [1.82, 2.24) is 0 Å². The van der Waals surface area contributed by atoms with Crippen LogP contribution in [0.1, 0.15) is 18.5 Å². The topological polar surface area (TPSA) is 35.2 Å². The zero-order valence-corrected chi connectivity index (χ0v) is 12.7. The summed E-state index contributed by atoms with van der Waals surface area (Å²) in [6, 6.07) is 7.12. The first-order valence-electron chi connectivity index (χ1n) is 5.76. The second kappa shape index (κ2) is 6.19. The molecular weight excluding hydrogens is 324 g/mol. The maximum absolute atomic E-state index is 13.9. The maximum atomic E-state index is 13.9. The van der Waals surface area contributed by atoms with Crippen LogP contribution in [0.25, 0.3) is 0 Å². The van der Waals surface area contributed by atoms with Crippen LogP contribution in [-0.2, 0) is 0 Å². The van der Waals surface area contributed by atoms with Crippen LogP contribution in [-0.4, -0.2) is 0 Å². The summed E-state index contributed by atoms with van der Waals surface area (Å²) in [4.78, 5) is 0. The molecule has 2 aromatic rings. The van der Waals surface area contributed by atoms with E-state index in [0.29, 0.717) is 10.6 Å². The maximum Gasteiger partial charge on any atom is 0.166 e. The van der Waals surface area contributed by atoms with E-state index in [1.54, 1.807) is 13.0 Å². The van der Waals surface area contributed by atoms with Crippen molar-refractivity contribution in [3.8, 4) is 11.5 Å². The molecule has 2 N–H and O–H groups in total. The van der Waals surface area contributed by atoms with E-state index in [4.69, 9.17) is 45.3 Å². The monoisotopic (exact) mass is 333 g/mol. The molecule has 0 spiro atoms. The fourth-order valence-corrected chi connectivity index (χ4v) is 2.16. The lowest BCUT2D eigenvalue weighted by atomic mass is 10.1. The van der Waals surface area contributed by atoms with Crippen molar-refractivity contribution in [2.45, 2.75) is 13.0 Å². The lowest BCUT2D eigenvalue weighted by molar-refractivity contribution is 0.441. The molecule has 1 unspecified atom stereocenters. The lowest BCUT2D eigenvalue weighted by Crippen LogP contribution is -2.05. The highest BCUT2D eigenvalue weighted by molar-refractivity contribution is 6.43. The first-order chi connectivity index (χ1) is 9.38. The summed E-state index contributed by atoms with van der Waals surface area (Å²) in [5, 5.41) is 0.825. The zero-order valence-electron chi connectivity index (χ0n) is 10.5. The highest BCUT2D eigenvalue weighted by atomic mass is 35.5. The Morgan fingerprint density at radius 2 is 1.65 bits per heavy atom. The van der Waals surface area contributed by atoms with Crippen LogP contribution in [0.3, 0.4) is 0 Å². The summed E-state index contributed by atoms with van der Waals surface area (Å²) in [5.74, 6) is -0.259. The van der Waals surface area contributed by atoms with E-state index in [1.165, 1.54) is 24.3 Å². The van der Waals surface area contributed by atoms with Gasteiger partial charge in [0.2, 0.25) is 0 Å². The van der Waals surface area contributed by atoms with Gasteiger partial charge in [0.15, 0.2) is 11.6 Å². The molecule has 0 radical (unpaired) electrons. The van der Waals surface area contributed by atoms with E-state index in [2.05, 4.69) is 0 Å². The van der Waals surface area contributed by atoms with E-state index < -0.39 is 5.82 Å². The standard InChI is InChI=1S/C14H11Cl3FNO/c1-7(19)8-2-3-13(12(18)4-8)20-14-6-10(16)9(15)5-11(14)17/h2-7H,19H2,1H3. The second-order valence-electron chi connectivity index (χ2n) is 4.28. The van der Waals surface area contributed by atoms with Crippen molar-refractivity contribution >= 4 is 34.8 Å². The molecule has 1 atom stereocenters. The average molecular weight is 335 g/mol. The summed E-state index contributed by atoms with van der Waals surface area (Å²) in [6.45, 7) is 1.77.